The smallest absolute Gasteiger partial charge is 0.0498 e. The monoisotopic (exact) mass is 221 g/mol. The minimum Gasteiger partial charge on any atom is -0.319 e. The molecular weight excluding hydrogens is 202 g/mol. The van der Waals surface area contributed by atoms with Crippen LogP contribution in [0.2, 0.25) is 0 Å². The topological polar surface area (TPSA) is 3.24 Å². The Hall–Kier alpha value is -0.630. The summed E-state index contributed by atoms with van der Waals surface area (Å²) in [5, 5.41) is 0. The quantitative estimate of drug-likeness (QED) is 0.712. The van der Waals surface area contributed by atoms with Gasteiger partial charge in [0.2, 0.25) is 0 Å². The molecule has 0 unspecified atom stereocenters. The van der Waals surface area contributed by atoms with Crippen molar-refractivity contribution < 1.29 is 0 Å². The molecule has 0 aliphatic heterocycles. The Morgan fingerprint density at radius 1 is 1.20 bits per heavy atom. The highest BCUT2D eigenvalue weighted by Gasteiger charge is 2.26. The number of hydrogen-bond acceptors (Lipinski definition) is 2. The third kappa shape index (κ3) is 2.15. The SMILES string of the molecule is CSN(C)c1cc(C2CC2)c(C)cc1C. The van der Waals surface area contributed by atoms with Crippen LogP contribution in [0.5, 0.6) is 0 Å². The Kier molecular flexibility index (Phi) is 2.96. The van der Waals surface area contributed by atoms with E-state index in [2.05, 4.69) is 43.6 Å². The lowest BCUT2D eigenvalue weighted by atomic mass is 10.0. The van der Waals surface area contributed by atoms with Crippen LogP contribution in [0.4, 0.5) is 5.69 Å². The fourth-order valence-corrected chi connectivity index (χ4v) is 2.52. The van der Waals surface area contributed by atoms with E-state index in [1.807, 2.05) is 0 Å². The van der Waals surface area contributed by atoms with Gasteiger partial charge < -0.3 is 4.31 Å². The second-order valence-electron chi connectivity index (χ2n) is 4.45. The van der Waals surface area contributed by atoms with Crippen LogP contribution in [0.3, 0.4) is 0 Å². The van der Waals surface area contributed by atoms with Crippen molar-refractivity contribution >= 4 is 17.6 Å². The van der Waals surface area contributed by atoms with Gasteiger partial charge in [-0.1, -0.05) is 18.0 Å². The van der Waals surface area contributed by atoms with E-state index in [-0.39, 0.29) is 0 Å². The standard InChI is InChI=1S/C13H19NS/c1-9-7-10(2)13(14(3)15-4)8-12(9)11-5-6-11/h7-8,11H,5-6H2,1-4H3. The highest BCUT2D eigenvalue weighted by molar-refractivity contribution is 7.99. The summed E-state index contributed by atoms with van der Waals surface area (Å²) in [6.07, 6.45) is 4.88. The highest BCUT2D eigenvalue weighted by atomic mass is 32.2. The molecule has 15 heavy (non-hydrogen) atoms. The number of hydrogen-bond donors (Lipinski definition) is 0. The van der Waals surface area contributed by atoms with Crippen LogP contribution in [-0.2, 0) is 0 Å². The number of anilines is 1. The molecule has 1 aliphatic rings. The number of benzene rings is 1. The molecule has 1 saturated carbocycles. The molecule has 2 heteroatoms. The predicted octanol–water partition coefficient (Wildman–Crippen LogP) is 3.90. The molecule has 82 valence electrons. The Morgan fingerprint density at radius 3 is 2.40 bits per heavy atom. The molecule has 1 aliphatic carbocycles. The van der Waals surface area contributed by atoms with Gasteiger partial charge in [0, 0.05) is 19.0 Å². The second-order valence-corrected chi connectivity index (χ2v) is 5.36. The average Bonchev–Trinajstić information content (AvgIpc) is 3.00. The summed E-state index contributed by atoms with van der Waals surface area (Å²) in [6, 6.07) is 4.72. The van der Waals surface area contributed by atoms with Crippen LogP contribution in [0, 0.1) is 13.8 Å². The van der Waals surface area contributed by atoms with Gasteiger partial charge in [-0.05, 0) is 55.4 Å². The normalized spacial score (nSPS) is 15.5. The van der Waals surface area contributed by atoms with Crippen molar-refractivity contribution in [3.05, 3.63) is 28.8 Å². The third-order valence-electron chi connectivity index (χ3n) is 3.21. The van der Waals surface area contributed by atoms with Crippen LogP contribution < -0.4 is 4.31 Å². The zero-order chi connectivity index (χ0) is 11.0. The molecule has 0 atom stereocenters. The molecule has 0 heterocycles. The van der Waals surface area contributed by atoms with Crippen molar-refractivity contribution in [2.75, 3.05) is 17.6 Å². The van der Waals surface area contributed by atoms with E-state index in [0.29, 0.717) is 0 Å². The Labute approximate surface area is 97.0 Å². The van der Waals surface area contributed by atoms with Gasteiger partial charge in [0.05, 0.1) is 0 Å². The van der Waals surface area contributed by atoms with E-state index in [9.17, 15) is 0 Å². The summed E-state index contributed by atoms with van der Waals surface area (Å²) in [6.45, 7) is 4.44. The van der Waals surface area contributed by atoms with E-state index in [0.717, 1.165) is 5.92 Å². The van der Waals surface area contributed by atoms with E-state index in [1.165, 1.54) is 29.7 Å². The molecule has 0 amide bonds. The summed E-state index contributed by atoms with van der Waals surface area (Å²) < 4.78 is 2.25. The van der Waals surface area contributed by atoms with Crippen molar-refractivity contribution in [2.45, 2.75) is 32.6 Å². The molecule has 1 aromatic rings. The summed E-state index contributed by atoms with van der Waals surface area (Å²) in [4.78, 5) is 0. The first-order chi connectivity index (χ1) is 7.13. The first-order valence-corrected chi connectivity index (χ1v) is 6.70. The van der Waals surface area contributed by atoms with Gasteiger partial charge in [0.1, 0.15) is 0 Å². The highest BCUT2D eigenvalue weighted by Crippen LogP contribution is 2.43. The molecule has 0 saturated heterocycles. The minimum atomic E-state index is 0.847. The lowest BCUT2D eigenvalue weighted by Gasteiger charge is -2.20. The van der Waals surface area contributed by atoms with Gasteiger partial charge in [-0.2, -0.15) is 0 Å². The maximum atomic E-state index is 2.39. The largest absolute Gasteiger partial charge is 0.319 e. The molecule has 2 rings (SSSR count). The van der Waals surface area contributed by atoms with Crippen LogP contribution in [0.25, 0.3) is 0 Å². The van der Waals surface area contributed by atoms with Gasteiger partial charge in [0.25, 0.3) is 0 Å². The first-order valence-electron chi connectivity index (χ1n) is 5.52. The van der Waals surface area contributed by atoms with Gasteiger partial charge >= 0.3 is 0 Å². The average molecular weight is 221 g/mol. The molecule has 0 radical (unpaired) electrons. The Balaban J connectivity index is 2.41. The Morgan fingerprint density at radius 2 is 1.87 bits per heavy atom. The molecule has 1 nitrogen and oxygen atoms in total. The lowest BCUT2D eigenvalue weighted by Crippen LogP contribution is -2.08. The lowest BCUT2D eigenvalue weighted by molar-refractivity contribution is 1.09. The second kappa shape index (κ2) is 4.09. The van der Waals surface area contributed by atoms with E-state index < -0.39 is 0 Å². The summed E-state index contributed by atoms with van der Waals surface area (Å²) in [7, 11) is 2.14. The predicted molar refractivity (Wildman–Crippen MR) is 69.8 cm³/mol. The van der Waals surface area contributed by atoms with Crippen LogP contribution in [-0.4, -0.2) is 13.3 Å². The van der Waals surface area contributed by atoms with Crippen molar-refractivity contribution in [2.24, 2.45) is 0 Å². The van der Waals surface area contributed by atoms with Gasteiger partial charge in [-0.25, -0.2) is 0 Å². The van der Waals surface area contributed by atoms with Crippen molar-refractivity contribution in [1.29, 1.82) is 0 Å². The molecule has 0 spiro atoms. The molecule has 0 bridgehead atoms. The zero-order valence-electron chi connectivity index (χ0n) is 10.0. The van der Waals surface area contributed by atoms with Crippen molar-refractivity contribution in [1.82, 2.24) is 0 Å². The van der Waals surface area contributed by atoms with Crippen LogP contribution >= 0.6 is 11.9 Å². The van der Waals surface area contributed by atoms with Crippen LogP contribution in [0.15, 0.2) is 12.1 Å². The van der Waals surface area contributed by atoms with Crippen molar-refractivity contribution in [3.63, 3.8) is 0 Å². The Bertz CT molecular complexity index is 369. The maximum Gasteiger partial charge on any atom is 0.0498 e. The van der Waals surface area contributed by atoms with Gasteiger partial charge in [-0.15, -0.1) is 0 Å². The fourth-order valence-electron chi connectivity index (χ4n) is 2.13. The minimum absolute atomic E-state index is 0.847. The molecular formula is C13H19NS. The van der Waals surface area contributed by atoms with E-state index >= 15 is 0 Å². The molecule has 0 N–H and O–H groups in total. The molecule has 0 aromatic heterocycles. The van der Waals surface area contributed by atoms with E-state index in [4.69, 9.17) is 0 Å². The first kappa shape index (κ1) is 10.9. The van der Waals surface area contributed by atoms with Gasteiger partial charge in [0.15, 0.2) is 0 Å². The maximum absolute atomic E-state index is 2.39. The summed E-state index contributed by atoms with van der Waals surface area (Å²) in [5.41, 5.74) is 5.79. The van der Waals surface area contributed by atoms with Crippen LogP contribution in [0.1, 0.15) is 35.4 Å². The molecule has 1 fully saturated rings. The summed E-state index contributed by atoms with van der Waals surface area (Å²) >= 11 is 1.77. The third-order valence-corrected chi connectivity index (χ3v) is 3.96. The zero-order valence-corrected chi connectivity index (χ0v) is 10.8. The summed E-state index contributed by atoms with van der Waals surface area (Å²) in [5.74, 6) is 0.847. The van der Waals surface area contributed by atoms with E-state index in [1.54, 1.807) is 17.5 Å². The number of aryl methyl sites for hydroxylation is 2. The number of rotatable bonds is 3. The fraction of sp³-hybridized carbons (Fsp3) is 0.538. The number of nitrogens with zero attached hydrogens (tertiary/aromatic N) is 1. The molecule has 1 aromatic carbocycles. The van der Waals surface area contributed by atoms with Crippen molar-refractivity contribution in [3.8, 4) is 0 Å². The van der Waals surface area contributed by atoms with Gasteiger partial charge in [-0.3, -0.25) is 0 Å².